The maximum atomic E-state index is 12.3. The lowest BCUT2D eigenvalue weighted by atomic mass is 10.3. The first kappa shape index (κ1) is 20.5. The number of nitrogens with one attached hydrogen (secondary N) is 1. The summed E-state index contributed by atoms with van der Waals surface area (Å²) in [6.07, 6.45) is 0.841. The molecule has 0 aliphatic carbocycles. The van der Waals surface area contributed by atoms with Crippen molar-refractivity contribution in [1.29, 1.82) is 0 Å². The number of rotatable bonds is 9. The number of aryl methyl sites for hydroxylation is 3. The van der Waals surface area contributed by atoms with Crippen LogP contribution in [0.1, 0.15) is 27.0 Å². The summed E-state index contributed by atoms with van der Waals surface area (Å²) < 4.78 is 6.72. The lowest BCUT2D eigenvalue weighted by Gasteiger charge is -2.04. The first-order valence-electron chi connectivity index (χ1n) is 8.55. The molecule has 0 spiro atoms. The van der Waals surface area contributed by atoms with Gasteiger partial charge < -0.3 is 10.1 Å². The summed E-state index contributed by atoms with van der Waals surface area (Å²) in [6.45, 7) is 4.55. The van der Waals surface area contributed by atoms with E-state index in [0.29, 0.717) is 28.2 Å². The molecule has 3 rings (SSSR count). The number of thiophene rings is 2. The van der Waals surface area contributed by atoms with Gasteiger partial charge in [0.05, 0.1) is 23.9 Å². The third kappa shape index (κ3) is 5.40. The van der Waals surface area contributed by atoms with Crippen molar-refractivity contribution in [1.82, 2.24) is 20.2 Å². The molecule has 0 unspecified atom stereocenters. The molecular weight excluding hydrogens is 418 g/mol. The van der Waals surface area contributed by atoms with Gasteiger partial charge in [-0.2, -0.15) is 0 Å². The number of tetrazole rings is 1. The number of anilines is 1. The monoisotopic (exact) mass is 437 g/mol. The second-order valence-electron chi connectivity index (χ2n) is 5.69. The second-order valence-corrected chi connectivity index (χ2v) is 8.72. The van der Waals surface area contributed by atoms with Crippen molar-refractivity contribution in [2.24, 2.45) is 0 Å². The molecule has 0 aliphatic rings. The van der Waals surface area contributed by atoms with Crippen LogP contribution < -0.4 is 5.32 Å². The average Bonchev–Trinajstić information content (AvgIpc) is 3.39. The number of amides is 1. The largest absolute Gasteiger partial charge is 0.462 e. The van der Waals surface area contributed by atoms with E-state index < -0.39 is 0 Å². The number of esters is 1. The van der Waals surface area contributed by atoms with Crippen molar-refractivity contribution in [3.8, 4) is 0 Å². The van der Waals surface area contributed by atoms with Crippen molar-refractivity contribution in [3.63, 3.8) is 0 Å². The highest BCUT2D eigenvalue weighted by Crippen LogP contribution is 2.27. The van der Waals surface area contributed by atoms with E-state index in [1.54, 1.807) is 29.0 Å². The molecule has 148 valence electrons. The summed E-state index contributed by atoms with van der Waals surface area (Å²) >= 11 is 4.18. The topological polar surface area (TPSA) is 99.0 Å². The Morgan fingerprint density at radius 2 is 2.25 bits per heavy atom. The van der Waals surface area contributed by atoms with Crippen LogP contribution >= 0.6 is 34.4 Å². The molecule has 0 saturated heterocycles. The van der Waals surface area contributed by atoms with Gasteiger partial charge in [-0.1, -0.05) is 17.8 Å². The van der Waals surface area contributed by atoms with Crippen LogP contribution in [0.5, 0.6) is 0 Å². The number of carbonyl (C=O) groups is 2. The molecule has 1 N–H and O–H groups in total. The Morgan fingerprint density at radius 3 is 3.00 bits per heavy atom. The summed E-state index contributed by atoms with van der Waals surface area (Å²) in [6, 6.07) is 5.85. The molecule has 0 atom stereocenters. The van der Waals surface area contributed by atoms with Gasteiger partial charge in [0.25, 0.3) is 0 Å². The average molecular weight is 438 g/mol. The third-order valence-corrected chi connectivity index (χ3v) is 6.65. The number of hydrogen-bond acceptors (Lipinski definition) is 9. The molecule has 0 aromatic carbocycles. The van der Waals surface area contributed by atoms with Crippen LogP contribution in [0.4, 0.5) is 5.00 Å². The Bertz CT molecular complexity index is 936. The van der Waals surface area contributed by atoms with Gasteiger partial charge in [-0.15, -0.1) is 27.8 Å². The molecule has 0 fully saturated rings. The number of hydrogen-bond donors (Lipinski definition) is 1. The van der Waals surface area contributed by atoms with Gasteiger partial charge in [0.1, 0.15) is 4.88 Å². The van der Waals surface area contributed by atoms with Crippen LogP contribution in [0.25, 0.3) is 0 Å². The van der Waals surface area contributed by atoms with Gasteiger partial charge in [-0.25, -0.2) is 9.48 Å². The van der Waals surface area contributed by atoms with Gasteiger partial charge in [0.15, 0.2) is 0 Å². The predicted molar refractivity (Wildman–Crippen MR) is 110 cm³/mol. The van der Waals surface area contributed by atoms with E-state index in [2.05, 4.69) is 26.9 Å². The van der Waals surface area contributed by atoms with Crippen molar-refractivity contribution >= 4 is 51.3 Å². The molecule has 0 aliphatic heterocycles. The maximum absolute atomic E-state index is 12.3. The fourth-order valence-electron chi connectivity index (χ4n) is 2.36. The van der Waals surface area contributed by atoms with Gasteiger partial charge >= 0.3 is 5.97 Å². The molecule has 3 aromatic rings. The second kappa shape index (κ2) is 9.80. The van der Waals surface area contributed by atoms with Gasteiger partial charge in [-0.05, 0) is 47.4 Å². The number of carbonyl (C=O) groups excluding carboxylic acids is 2. The quantitative estimate of drug-likeness (QED) is 0.405. The van der Waals surface area contributed by atoms with Crippen LogP contribution in [-0.2, 0) is 22.5 Å². The van der Waals surface area contributed by atoms with Crippen LogP contribution in [0, 0.1) is 6.92 Å². The minimum atomic E-state index is -0.371. The summed E-state index contributed by atoms with van der Waals surface area (Å²) in [5, 5.41) is 17.7. The zero-order valence-corrected chi connectivity index (χ0v) is 17.8. The van der Waals surface area contributed by atoms with Crippen molar-refractivity contribution in [2.45, 2.75) is 32.0 Å². The number of thioether (sulfide) groups is 1. The van der Waals surface area contributed by atoms with Gasteiger partial charge in [0, 0.05) is 11.3 Å². The lowest BCUT2D eigenvalue weighted by Crippen LogP contribution is -2.14. The fourth-order valence-corrected chi connectivity index (χ4v) is 4.74. The fraction of sp³-hybridized carbons (Fsp3) is 0.353. The molecular formula is C17H19N5O3S3. The Balaban J connectivity index is 1.52. The Morgan fingerprint density at radius 1 is 1.39 bits per heavy atom. The number of aromatic nitrogens is 4. The van der Waals surface area contributed by atoms with E-state index in [0.717, 1.165) is 12.0 Å². The summed E-state index contributed by atoms with van der Waals surface area (Å²) in [4.78, 5) is 25.9. The van der Waals surface area contributed by atoms with Crippen LogP contribution in [0.2, 0.25) is 0 Å². The van der Waals surface area contributed by atoms with Crippen molar-refractivity contribution in [2.75, 3.05) is 17.7 Å². The van der Waals surface area contributed by atoms with Crippen molar-refractivity contribution in [3.05, 3.63) is 38.9 Å². The van der Waals surface area contributed by atoms with E-state index >= 15 is 0 Å². The Labute approximate surface area is 174 Å². The maximum Gasteiger partial charge on any atom is 0.348 e. The van der Waals surface area contributed by atoms with Gasteiger partial charge in [0.2, 0.25) is 11.1 Å². The van der Waals surface area contributed by atoms with Crippen molar-refractivity contribution < 1.29 is 14.3 Å². The SMILES string of the molecule is CCOC(=O)c1sc(NC(=O)CSc2nnnn2CCc2cccs2)cc1C. The normalized spacial score (nSPS) is 10.8. The summed E-state index contributed by atoms with van der Waals surface area (Å²) in [5.74, 6) is -0.385. The van der Waals surface area contributed by atoms with E-state index in [-0.39, 0.29) is 17.6 Å². The van der Waals surface area contributed by atoms with Crippen LogP contribution in [0.15, 0.2) is 28.7 Å². The lowest BCUT2D eigenvalue weighted by molar-refractivity contribution is -0.113. The molecule has 1 amide bonds. The minimum absolute atomic E-state index is 0.172. The molecule has 0 radical (unpaired) electrons. The smallest absolute Gasteiger partial charge is 0.348 e. The zero-order valence-electron chi connectivity index (χ0n) is 15.4. The van der Waals surface area contributed by atoms with Gasteiger partial charge in [-0.3, -0.25) is 4.79 Å². The highest BCUT2D eigenvalue weighted by molar-refractivity contribution is 7.99. The highest BCUT2D eigenvalue weighted by Gasteiger charge is 2.16. The number of nitrogens with zero attached hydrogens (tertiary/aromatic N) is 4. The number of ether oxygens (including phenoxy) is 1. The minimum Gasteiger partial charge on any atom is -0.462 e. The summed E-state index contributed by atoms with van der Waals surface area (Å²) in [5.41, 5.74) is 0.781. The summed E-state index contributed by atoms with van der Waals surface area (Å²) in [7, 11) is 0. The standard InChI is InChI=1S/C17H19N5O3S3/c1-3-25-16(24)15-11(2)9-14(28-15)18-13(23)10-27-17-19-20-21-22(17)7-6-12-5-4-8-26-12/h4-5,8-9H,3,6-7,10H2,1-2H3,(H,18,23). The molecule has 0 bridgehead atoms. The van der Waals surface area contributed by atoms with E-state index in [1.807, 2.05) is 18.4 Å². The van der Waals surface area contributed by atoms with E-state index in [9.17, 15) is 9.59 Å². The predicted octanol–water partition coefficient (Wildman–Crippen LogP) is 3.25. The van der Waals surface area contributed by atoms with E-state index in [1.165, 1.54) is 28.0 Å². The molecule has 11 heteroatoms. The first-order chi connectivity index (χ1) is 13.6. The highest BCUT2D eigenvalue weighted by atomic mass is 32.2. The molecule has 28 heavy (non-hydrogen) atoms. The molecule has 0 saturated carbocycles. The molecule has 3 aromatic heterocycles. The third-order valence-electron chi connectivity index (χ3n) is 3.62. The molecule has 8 nitrogen and oxygen atoms in total. The van der Waals surface area contributed by atoms with Crippen LogP contribution in [0.3, 0.4) is 0 Å². The first-order valence-corrected chi connectivity index (χ1v) is 11.2. The Kier molecular flexibility index (Phi) is 7.18. The molecule has 3 heterocycles. The Hall–Kier alpha value is -2.24. The van der Waals surface area contributed by atoms with E-state index in [4.69, 9.17) is 4.74 Å². The van der Waals surface area contributed by atoms with Crippen LogP contribution in [-0.4, -0.2) is 44.4 Å². The zero-order chi connectivity index (χ0) is 19.9.